The molecule has 0 rings (SSSR count). The predicted octanol–water partition coefficient (Wildman–Crippen LogP) is 2.00. The number of hydrogen-bond donors (Lipinski definition) is 2. The van der Waals surface area contributed by atoms with E-state index in [1.54, 1.807) is 0 Å². The highest BCUT2D eigenvalue weighted by Gasteiger charge is 1.99. The Bertz CT molecular complexity index is 102. The van der Waals surface area contributed by atoms with Crippen LogP contribution in [0.4, 0.5) is 0 Å². The normalized spacial score (nSPS) is 13.6. The second kappa shape index (κ2) is 8.52. The fraction of sp³-hybridized carbons (Fsp3) is 1.00. The number of hydrogen-bond acceptors (Lipinski definition) is 2. The van der Waals surface area contributed by atoms with Crippen molar-refractivity contribution in [1.82, 2.24) is 5.32 Å². The molecule has 1 atom stereocenters. The lowest BCUT2D eigenvalue weighted by molar-refractivity contribution is 0.458. The first-order chi connectivity index (χ1) is 6.16. The lowest BCUT2D eigenvalue weighted by Crippen LogP contribution is -2.21. The van der Waals surface area contributed by atoms with Gasteiger partial charge in [-0.2, -0.15) is 0 Å². The standard InChI is InChI=1S/C11H26N2/c1-10(2)9-13-8-4-5-11(3)6-7-12/h10-11,13H,4-9,12H2,1-3H3. The van der Waals surface area contributed by atoms with Crippen molar-refractivity contribution >= 4 is 0 Å². The second-order valence-electron chi connectivity index (χ2n) is 4.42. The summed E-state index contributed by atoms with van der Waals surface area (Å²) in [6.45, 7) is 9.91. The number of nitrogens with two attached hydrogens (primary N) is 1. The summed E-state index contributed by atoms with van der Waals surface area (Å²) in [7, 11) is 0. The maximum Gasteiger partial charge on any atom is -0.00258 e. The molecule has 0 fully saturated rings. The first kappa shape index (κ1) is 12.9. The Morgan fingerprint density at radius 1 is 1.15 bits per heavy atom. The van der Waals surface area contributed by atoms with E-state index >= 15 is 0 Å². The molecule has 0 spiro atoms. The van der Waals surface area contributed by atoms with Crippen molar-refractivity contribution in [3.05, 3.63) is 0 Å². The SMILES string of the molecule is CC(C)CNCCCC(C)CCN. The van der Waals surface area contributed by atoms with E-state index in [1.807, 2.05) is 0 Å². The quantitative estimate of drug-likeness (QED) is 0.569. The highest BCUT2D eigenvalue weighted by Crippen LogP contribution is 2.07. The van der Waals surface area contributed by atoms with Gasteiger partial charge in [-0.05, 0) is 50.7 Å². The Morgan fingerprint density at radius 2 is 1.85 bits per heavy atom. The van der Waals surface area contributed by atoms with Gasteiger partial charge in [0.1, 0.15) is 0 Å². The molecule has 2 nitrogen and oxygen atoms in total. The van der Waals surface area contributed by atoms with Gasteiger partial charge < -0.3 is 11.1 Å². The van der Waals surface area contributed by atoms with E-state index in [0.29, 0.717) is 0 Å². The first-order valence-corrected chi connectivity index (χ1v) is 5.57. The van der Waals surface area contributed by atoms with Crippen LogP contribution in [0.1, 0.15) is 40.0 Å². The van der Waals surface area contributed by atoms with Crippen LogP contribution in [0.3, 0.4) is 0 Å². The molecule has 0 aliphatic rings. The molecular weight excluding hydrogens is 160 g/mol. The average molecular weight is 186 g/mol. The molecule has 0 amide bonds. The molecule has 0 radical (unpaired) electrons. The summed E-state index contributed by atoms with van der Waals surface area (Å²) >= 11 is 0. The van der Waals surface area contributed by atoms with Crippen LogP contribution in [0.15, 0.2) is 0 Å². The maximum atomic E-state index is 5.48. The van der Waals surface area contributed by atoms with Crippen molar-refractivity contribution in [2.24, 2.45) is 17.6 Å². The van der Waals surface area contributed by atoms with Crippen LogP contribution in [0.2, 0.25) is 0 Å². The Labute approximate surface area is 83.3 Å². The van der Waals surface area contributed by atoms with Crippen LogP contribution in [0.25, 0.3) is 0 Å². The highest BCUT2D eigenvalue weighted by atomic mass is 14.8. The average Bonchev–Trinajstić information content (AvgIpc) is 2.03. The highest BCUT2D eigenvalue weighted by molar-refractivity contribution is 4.56. The molecular formula is C11H26N2. The van der Waals surface area contributed by atoms with Crippen molar-refractivity contribution in [2.45, 2.75) is 40.0 Å². The molecule has 80 valence electrons. The van der Waals surface area contributed by atoms with Crippen LogP contribution in [0.5, 0.6) is 0 Å². The number of nitrogens with one attached hydrogen (secondary N) is 1. The lowest BCUT2D eigenvalue weighted by Gasteiger charge is -2.10. The van der Waals surface area contributed by atoms with Crippen molar-refractivity contribution in [3.63, 3.8) is 0 Å². The van der Waals surface area contributed by atoms with Crippen LogP contribution in [-0.2, 0) is 0 Å². The summed E-state index contributed by atoms with van der Waals surface area (Å²) in [4.78, 5) is 0. The van der Waals surface area contributed by atoms with Gasteiger partial charge in [-0.3, -0.25) is 0 Å². The number of rotatable bonds is 8. The molecule has 0 aromatic rings. The van der Waals surface area contributed by atoms with E-state index in [9.17, 15) is 0 Å². The van der Waals surface area contributed by atoms with E-state index in [-0.39, 0.29) is 0 Å². The van der Waals surface area contributed by atoms with Crippen LogP contribution < -0.4 is 11.1 Å². The van der Waals surface area contributed by atoms with Gasteiger partial charge in [0.15, 0.2) is 0 Å². The smallest absolute Gasteiger partial charge is 0.00258 e. The second-order valence-corrected chi connectivity index (χ2v) is 4.42. The minimum Gasteiger partial charge on any atom is -0.330 e. The fourth-order valence-corrected chi connectivity index (χ4v) is 1.40. The molecule has 0 aliphatic heterocycles. The van der Waals surface area contributed by atoms with Crippen molar-refractivity contribution in [1.29, 1.82) is 0 Å². The van der Waals surface area contributed by atoms with Gasteiger partial charge in [0.05, 0.1) is 0 Å². The monoisotopic (exact) mass is 186 g/mol. The minimum atomic E-state index is 0.765. The summed E-state index contributed by atoms with van der Waals surface area (Å²) in [6.07, 6.45) is 3.76. The predicted molar refractivity (Wildman–Crippen MR) is 59.8 cm³/mol. The van der Waals surface area contributed by atoms with Gasteiger partial charge in [-0.15, -0.1) is 0 Å². The summed E-state index contributed by atoms with van der Waals surface area (Å²) in [5.41, 5.74) is 5.48. The van der Waals surface area contributed by atoms with Gasteiger partial charge in [0.2, 0.25) is 0 Å². The Kier molecular flexibility index (Phi) is 8.46. The van der Waals surface area contributed by atoms with Crippen LogP contribution >= 0.6 is 0 Å². The molecule has 0 saturated carbocycles. The zero-order chi connectivity index (χ0) is 10.1. The molecule has 0 aromatic heterocycles. The molecule has 13 heavy (non-hydrogen) atoms. The van der Waals surface area contributed by atoms with Gasteiger partial charge in [-0.1, -0.05) is 20.8 Å². The summed E-state index contributed by atoms with van der Waals surface area (Å²) in [5, 5.41) is 3.45. The maximum absolute atomic E-state index is 5.48. The van der Waals surface area contributed by atoms with E-state index in [1.165, 1.54) is 19.3 Å². The first-order valence-electron chi connectivity index (χ1n) is 5.57. The largest absolute Gasteiger partial charge is 0.330 e. The Hall–Kier alpha value is -0.0800. The van der Waals surface area contributed by atoms with Gasteiger partial charge in [-0.25, -0.2) is 0 Å². The van der Waals surface area contributed by atoms with E-state index in [0.717, 1.165) is 31.5 Å². The van der Waals surface area contributed by atoms with Gasteiger partial charge in [0, 0.05) is 0 Å². The Morgan fingerprint density at radius 3 is 2.38 bits per heavy atom. The third-order valence-electron chi connectivity index (χ3n) is 2.26. The molecule has 0 saturated heterocycles. The molecule has 0 heterocycles. The zero-order valence-corrected chi connectivity index (χ0v) is 9.47. The zero-order valence-electron chi connectivity index (χ0n) is 9.47. The van der Waals surface area contributed by atoms with E-state index in [4.69, 9.17) is 5.73 Å². The molecule has 1 unspecified atom stereocenters. The van der Waals surface area contributed by atoms with E-state index < -0.39 is 0 Å². The molecule has 0 aliphatic carbocycles. The van der Waals surface area contributed by atoms with Gasteiger partial charge >= 0.3 is 0 Å². The fourth-order valence-electron chi connectivity index (χ4n) is 1.40. The molecule has 0 aromatic carbocycles. The topological polar surface area (TPSA) is 38.0 Å². The molecule has 2 heteroatoms. The Balaban J connectivity index is 3.06. The van der Waals surface area contributed by atoms with Crippen molar-refractivity contribution in [3.8, 4) is 0 Å². The van der Waals surface area contributed by atoms with Crippen LogP contribution in [0, 0.1) is 11.8 Å². The third kappa shape index (κ3) is 9.84. The van der Waals surface area contributed by atoms with Crippen molar-refractivity contribution < 1.29 is 0 Å². The summed E-state index contributed by atoms with van der Waals surface area (Å²) in [5.74, 6) is 1.56. The van der Waals surface area contributed by atoms with E-state index in [2.05, 4.69) is 26.1 Å². The molecule has 3 N–H and O–H groups in total. The molecule has 0 bridgehead atoms. The van der Waals surface area contributed by atoms with Crippen molar-refractivity contribution in [2.75, 3.05) is 19.6 Å². The van der Waals surface area contributed by atoms with Crippen LogP contribution in [-0.4, -0.2) is 19.6 Å². The summed E-state index contributed by atoms with van der Waals surface area (Å²) < 4.78 is 0. The third-order valence-corrected chi connectivity index (χ3v) is 2.26. The summed E-state index contributed by atoms with van der Waals surface area (Å²) in [6, 6.07) is 0. The van der Waals surface area contributed by atoms with Gasteiger partial charge in [0.25, 0.3) is 0 Å². The minimum absolute atomic E-state index is 0.765. The lowest BCUT2D eigenvalue weighted by atomic mass is 10.0.